The summed E-state index contributed by atoms with van der Waals surface area (Å²) >= 11 is 0. The number of aliphatic hydroxyl groups is 1. The second-order valence-electron chi connectivity index (χ2n) is 10.7. The van der Waals surface area contributed by atoms with Gasteiger partial charge in [-0.25, -0.2) is 0 Å². The molecule has 2 bridgehead atoms. The minimum atomic E-state index is -1.06. The summed E-state index contributed by atoms with van der Waals surface area (Å²) in [6.07, 6.45) is 6.20. The van der Waals surface area contributed by atoms with Crippen LogP contribution in [-0.2, 0) is 19.1 Å². The van der Waals surface area contributed by atoms with Crippen LogP contribution in [0.15, 0.2) is 55.6 Å². The van der Waals surface area contributed by atoms with Crippen molar-refractivity contribution in [3.05, 3.63) is 55.6 Å². The van der Waals surface area contributed by atoms with Gasteiger partial charge in [-0.15, -0.1) is 13.2 Å². The maximum atomic E-state index is 14.3. The van der Waals surface area contributed by atoms with Crippen molar-refractivity contribution >= 4 is 23.4 Å². The lowest BCUT2D eigenvalue weighted by atomic mass is 9.70. The molecule has 0 aliphatic carbocycles. The number of amides is 3. The van der Waals surface area contributed by atoms with Crippen LogP contribution in [0.5, 0.6) is 0 Å². The van der Waals surface area contributed by atoms with E-state index >= 15 is 0 Å². The fourth-order valence-electron chi connectivity index (χ4n) is 6.79. The number of carbonyl (C=O) groups is 3. The van der Waals surface area contributed by atoms with Gasteiger partial charge in [0.05, 0.1) is 17.9 Å². The van der Waals surface area contributed by atoms with Crippen molar-refractivity contribution in [1.29, 1.82) is 0 Å². The van der Waals surface area contributed by atoms with Crippen molar-refractivity contribution < 1.29 is 24.2 Å². The van der Waals surface area contributed by atoms with Crippen LogP contribution in [0.2, 0.25) is 0 Å². The Bertz CT molecular complexity index is 1050. The van der Waals surface area contributed by atoms with Crippen molar-refractivity contribution in [2.45, 2.75) is 69.7 Å². The van der Waals surface area contributed by atoms with Gasteiger partial charge < -0.3 is 24.5 Å². The summed E-state index contributed by atoms with van der Waals surface area (Å²) < 4.78 is 6.59. The number of carbonyl (C=O) groups excluding carboxylic acids is 3. The number of para-hydroxylation sites is 1. The molecule has 3 saturated heterocycles. The fourth-order valence-corrected chi connectivity index (χ4v) is 6.79. The second-order valence-corrected chi connectivity index (χ2v) is 10.7. The SMILES string of the molecule is C=CCN(C(=O)[C@@H]1[C@H]2C(=O)N(CCCO)C(C(=O)N(CC=C)C(C)CCC)C23CC[C@H]1O3)c1ccccc1. The first-order chi connectivity index (χ1) is 18.4. The Morgan fingerprint density at radius 2 is 1.92 bits per heavy atom. The number of hydrogen-bond acceptors (Lipinski definition) is 5. The van der Waals surface area contributed by atoms with Gasteiger partial charge in [-0.05, 0) is 44.7 Å². The Kier molecular flexibility index (Phi) is 8.73. The van der Waals surface area contributed by atoms with Gasteiger partial charge in [0.15, 0.2) is 0 Å². The number of likely N-dealkylation sites (tertiary alicyclic amines) is 1. The van der Waals surface area contributed by atoms with E-state index in [-0.39, 0.29) is 36.9 Å². The van der Waals surface area contributed by atoms with Gasteiger partial charge in [0.25, 0.3) is 0 Å². The summed E-state index contributed by atoms with van der Waals surface area (Å²) in [6.45, 7) is 12.6. The highest BCUT2D eigenvalue weighted by molar-refractivity contribution is 6.03. The molecule has 4 rings (SSSR count). The molecule has 1 N–H and O–H groups in total. The quantitative estimate of drug-likeness (QED) is 0.401. The lowest BCUT2D eigenvalue weighted by molar-refractivity contribution is -0.149. The van der Waals surface area contributed by atoms with Gasteiger partial charge in [0.2, 0.25) is 17.7 Å². The third-order valence-corrected chi connectivity index (χ3v) is 8.37. The molecule has 206 valence electrons. The van der Waals surface area contributed by atoms with Gasteiger partial charge >= 0.3 is 0 Å². The molecule has 3 heterocycles. The van der Waals surface area contributed by atoms with E-state index < -0.39 is 29.6 Å². The lowest BCUT2D eigenvalue weighted by Crippen LogP contribution is -2.58. The number of nitrogens with zero attached hydrogens (tertiary/aromatic N) is 3. The molecule has 8 heteroatoms. The van der Waals surface area contributed by atoms with Crippen molar-refractivity contribution in [3.63, 3.8) is 0 Å². The number of hydrogen-bond donors (Lipinski definition) is 1. The molecule has 3 unspecified atom stereocenters. The first-order valence-corrected chi connectivity index (χ1v) is 13.8. The highest BCUT2D eigenvalue weighted by atomic mass is 16.5. The number of fused-ring (bicyclic) bond motifs is 1. The molecule has 0 saturated carbocycles. The average molecular weight is 524 g/mol. The third-order valence-electron chi connectivity index (χ3n) is 8.37. The maximum absolute atomic E-state index is 14.3. The van der Waals surface area contributed by atoms with E-state index in [1.54, 1.807) is 26.9 Å². The molecule has 1 aromatic carbocycles. The number of aliphatic hydroxyl groups excluding tert-OH is 1. The Balaban J connectivity index is 1.73. The molecule has 1 aromatic rings. The summed E-state index contributed by atoms with van der Waals surface area (Å²) in [5.41, 5.74) is -0.328. The minimum Gasteiger partial charge on any atom is -0.396 e. The molecule has 38 heavy (non-hydrogen) atoms. The van der Waals surface area contributed by atoms with Gasteiger partial charge in [-0.3, -0.25) is 14.4 Å². The molecule has 3 amide bonds. The smallest absolute Gasteiger partial charge is 0.248 e. The summed E-state index contributed by atoms with van der Waals surface area (Å²) in [6, 6.07) is 8.49. The number of ether oxygens (including phenoxy) is 1. The molecule has 8 nitrogen and oxygen atoms in total. The number of anilines is 1. The van der Waals surface area contributed by atoms with Crippen molar-refractivity contribution in [2.75, 3.05) is 31.1 Å². The van der Waals surface area contributed by atoms with E-state index in [0.717, 1.165) is 18.5 Å². The average Bonchev–Trinajstić information content (AvgIpc) is 3.56. The lowest BCUT2D eigenvalue weighted by Gasteiger charge is -2.39. The van der Waals surface area contributed by atoms with Crippen LogP contribution in [0, 0.1) is 11.8 Å². The number of rotatable bonds is 13. The van der Waals surface area contributed by atoms with E-state index in [2.05, 4.69) is 20.1 Å². The summed E-state index contributed by atoms with van der Waals surface area (Å²) in [4.78, 5) is 47.5. The maximum Gasteiger partial charge on any atom is 0.248 e. The Morgan fingerprint density at radius 3 is 2.55 bits per heavy atom. The third kappa shape index (κ3) is 4.69. The first-order valence-electron chi connectivity index (χ1n) is 13.8. The van der Waals surface area contributed by atoms with Crippen molar-refractivity contribution in [2.24, 2.45) is 11.8 Å². The van der Waals surface area contributed by atoms with Gasteiger partial charge in [-0.2, -0.15) is 0 Å². The zero-order chi connectivity index (χ0) is 27.4. The predicted octanol–water partition coefficient (Wildman–Crippen LogP) is 3.17. The molecular weight excluding hydrogens is 482 g/mol. The van der Waals surface area contributed by atoms with E-state index in [0.29, 0.717) is 32.4 Å². The van der Waals surface area contributed by atoms with E-state index in [9.17, 15) is 19.5 Å². The monoisotopic (exact) mass is 523 g/mol. The van der Waals surface area contributed by atoms with E-state index in [1.165, 1.54) is 0 Å². The zero-order valence-corrected chi connectivity index (χ0v) is 22.6. The Labute approximate surface area is 225 Å². The van der Waals surface area contributed by atoms with Gasteiger partial charge in [0, 0.05) is 38.0 Å². The van der Waals surface area contributed by atoms with Crippen molar-refractivity contribution in [1.82, 2.24) is 9.80 Å². The van der Waals surface area contributed by atoms with Crippen LogP contribution in [-0.4, -0.2) is 82.7 Å². The number of benzene rings is 1. The highest BCUT2D eigenvalue weighted by Gasteiger charge is 2.74. The Morgan fingerprint density at radius 1 is 1.21 bits per heavy atom. The second kappa shape index (κ2) is 11.8. The molecule has 3 fully saturated rings. The molecule has 3 aliphatic rings. The largest absolute Gasteiger partial charge is 0.396 e. The topological polar surface area (TPSA) is 90.4 Å². The molecule has 6 atom stereocenters. The van der Waals surface area contributed by atoms with Gasteiger partial charge in [-0.1, -0.05) is 43.7 Å². The fraction of sp³-hybridized carbons (Fsp3) is 0.567. The van der Waals surface area contributed by atoms with E-state index in [4.69, 9.17) is 4.74 Å². The highest BCUT2D eigenvalue weighted by Crippen LogP contribution is 2.59. The van der Waals surface area contributed by atoms with E-state index in [1.807, 2.05) is 37.3 Å². The van der Waals surface area contributed by atoms with Crippen LogP contribution in [0.4, 0.5) is 5.69 Å². The van der Waals surface area contributed by atoms with Crippen molar-refractivity contribution in [3.8, 4) is 0 Å². The van der Waals surface area contributed by atoms with Crippen LogP contribution in [0.3, 0.4) is 0 Å². The van der Waals surface area contributed by atoms with Gasteiger partial charge in [0.1, 0.15) is 11.6 Å². The van der Waals surface area contributed by atoms with Crippen LogP contribution >= 0.6 is 0 Å². The predicted molar refractivity (Wildman–Crippen MR) is 146 cm³/mol. The minimum absolute atomic E-state index is 0.0343. The molecule has 3 aliphatic heterocycles. The summed E-state index contributed by atoms with van der Waals surface area (Å²) in [5.74, 6) is -2.01. The normalized spacial score (nSPS) is 28.2. The Hall–Kier alpha value is -2.97. The molecule has 0 radical (unpaired) electrons. The summed E-state index contributed by atoms with van der Waals surface area (Å²) in [7, 11) is 0. The zero-order valence-electron chi connectivity index (χ0n) is 22.6. The van der Waals surface area contributed by atoms with Crippen LogP contribution in [0.25, 0.3) is 0 Å². The molecule has 0 aromatic heterocycles. The standard InChI is InChI=1S/C30H41N3O5/c1-5-12-21(4)31(17-6-2)29(37)26-30-16-15-23(38-30)24(25(30)28(36)33(26)19-11-20-34)27(35)32(18-7-3)22-13-9-8-10-14-22/h6-10,13-14,21,23-26,34H,2-3,5,11-12,15-20H2,1,4H3/t21?,23-,24+,25+,26?,30?/m1/s1. The molecule has 1 spiro atoms. The van der Waals surface area contributed by atoms with Crippen LogP contribution < -0.4 is 4.90 Å². The summed E-state index contributed by atoms with van der Waals surface area (Å²) in [5, 5.41) is 9.57. The molecular formula is C30H41N3O5. The first kappa shape index (κ1) is 28.0. The van der Waals surface area contributed by atoms with Crippen LogP contribution in [0.1, 0.15) is 46.0 Å².